The fraction of sp³-hybridized carbons (Fsp3) is 0.474. The van der Waals surface area contributed by atoms with Crippen molar-refractivity contribution in [2.45, 2.75) is 20.0 Å². The zero-order valence-electron chi connectivity index (χ0n) is 14.9. The molecular formula is C19H24N4O2. The first-order chi connectivity index (χ1) is 12.2. The lowest BCUT2D eigenvalue weighted by Gasteiger charge is -2.34. The van der Waals surface area contributed by atoms with Crippen molar-refractivity contribution in [3.8, 4) is 17.0 Å². The Hall–Kier alpha value is -2.34. The van der Waals surface area contributed by atoms with Crippen LogP contribution in [0.15, 0.2) is 24.3 Å². The van der Waals surface area contributed by atoms with Gasteiger partial charge in [0.05, 0.1) is 5.69 Å². The predicted molar refractivity (Wildman–Crippen MR) is 95.6 cm³/mol. The number of benzene rings is 1. The van der Waals surface area contributed by atoms with E-state index in [4.69, 9.17) is 4.74 Å². The zero-order chi connectivity index (χ0) is 17.4. The summed E-state index contributed by atoms with van der Waals surface area (Å²) in [6.07, 6.45) is 1.15. The molecule has 25 heavy (non-hydrogen) atoms. The molecule has 1 aromatic carbocycles. The number of ether oxygens (including phenoxy) is 1. The van der Waals surface area contributed by atoms with Crippen molar-refractivity contribution in [1.29, 1.82) is 0 Å². The van der Waals surface area contributed by atoms with E-state index in [1.54, 1.807) is 0 Å². The van der Waals surface area contributed by atoms with E-state index in [9.17, 15) is 4.79 Å². The van der Waals surface area contributed by atoms with Crippen molar-refractivity contribution in [2.75, 3.05) is 32.7 Å². The first kappa shape index (κ1) is 16.1. The van der Waals surface area contributed by atoms with E-state index in [0.29, 0.717) is 12.3 Å². The molecule has 1 aromatic heterocycles. The molecule has 2 aliphatic rings. The normalized spacial score (nSPS) is 17.0. The minimum absolute atomic E-state index is 0.0241. The van der Waals surface area contributed by atoms with Gasteiger partial charge in [-0.3, -0.25) is 14.4 Å². The van der Waals surface area contributed by atoms with Crippen molar-refractivity contribution in [1.82, 2.24) is 19.6 Å². The van der Waals surface area contributed by atoms with Crippen LogP contribution in [-0.2, 0) is 13.7 Å². The van der Waals surface area contributed by atoms with Crippen LogP contribution in [-0.4, -0.2) is 58.2 Å². The van der Waals surface area contributed by atoms with Gasteiger partial charge in [0.2, 0.25) is 0 Å². The Morgan fingerprint density at radius 3 is 2.72 bits per heavy atom. The highest BCUT2D eigenvalue weighted by atomic mass is 16.5. The van der Waals surface area contributed by atoms with E-state index in [1.165, 1.54) is 0 Å². The molecule has 0 bridgehead atoms. The number of para-hydroxylation sites is 1. The second-order valence-corrected chi connectivity index (χ2v) is 6.72. The van der Waals surface area contributed by atoms with Crippen LogP contribution >= 0.6 is 0 Å². The van der Waals surface area contributed by atoms with Crippen LogP contribution in [0.4, 0.5) is 0 Å². The highest BCUT2D eigenvalue weighted by Crippen LogP contribution is 2.38. The standard InChI is InChI=1S/C19H24N4O2/c1-3-8-22-9-11-23(12-10-22)19(24)17-15-13-25-16-7-5-4-6-14(16)18(15)21(2)20-17/h4-7H,3,8-13H2,1-2H3. The molecule has 0 saturated carbocycles. The Labute approximate surface area is 148 Å². The van der Waals surface area contributed by atoms with Gasteiger partial charge < -0.3 is 9.64 Å². The molecule has 0 aliphatic carbocycles. The predicted octanol–water partition coefficient (Wildman–Crippen LogP) is 2.15. The van der Waals surface area contributed by atoms with Crippen LogP contribution in [0, 0.1) is 0 Å². The Kier molecular flexibility index (Phi) is 4.21. The van der Waals surface area contributed by atoms with Gasteiger partial charge in [0.25, 0.3) is 5.91 Å². The van der Waals surface area contributed by atoms with Crippen molar-refractivity contribution in [3.05, 3.63) is 35.5 Å². The van der Waals surface area contributed by atoms with Gasteiger partial charge in [-0.2, -0.15) is 5.10 Å². The number of carbonyl (C=O) groups excluding carboxylic acids is 1. The van der Waals surface area contributed by atoms with Crippen LogP contribution in [0.3, 0.4) is 0 Å². The highest BCUT2D eigenvalue weighted by molar-refractivity contribution is 5.96. The molecule has 6 nitrogen and oxygen atoms in total. The molecule has 4 rings (SSSR count). The third-order valence-electron chi connectivity index (χ3n) is 5.06. The molecule has 0 radical (unpaired) electrons. The van der Waals surface area contributed by atoms with Crippen molar-refractivity contribution in [2.24, 2.45) is 7.05 Å². The third kappa shape index (κ3) is 2.80. The molecule has 2 aliphatic heterocycles. The monoisotopic (exact) mass is 340 g/mol. The second kappa shape index (κ2) is 6.52. The van der Waals surface area contributed by atoms with Crippen molar-refractivity contribution < 1.29 is 9.53 Å². The molecule has 1 saturated heterocycles. The Morgan fingerprint density at radius 1 is 1.20 bits per heavy atom. The number of aryl methyl sites for hydroxylation is 1. The molecular weight excluding hydrogens is 316 g/mol. The maximum atomic E-state index is 13.0. The molecule has 0 unspecified atom stereocenters. The number of fused-ring (bicyclic) bond motifs is 3. The van der Waals surface area contributed by atoms with E-state index >= 15 is 0 Å². The van der Waals surface area contributed by atoms with E-state index in [1.807, 2.05) is 40.9 Å². The van der Waals surface area contributed by atoms with Gasteiger partial charge >= 0.3 is 0 Å². The zero-order valence-corrected chi connectivity index (χ0v) is 14.9. The lowest BCUT2D eigenvalue weighted by Crippen LogP contribution is -2.49. The SMILES string of the molecule is CCCN1CCN(C(=O)c2nn(C)c3c2COc2ccccc2-3)CC1. The van der Waals surface area contributed by atoms with Gasteiger partial charge in [0, 0.05) is 44.4 Å². The topological polar surface area (TPSA) is 50.6 Å². The summed E-state index contributed by atoms with van der Waals surface area (Å²) < 4.78 is 7.67. The number of carbonyl (C=O) groups is 1. The van der Waals surface area contributed by atoms with Crippen molar-refractivity contribution in [3.63, 3.8) is 0 Å². The summed E-state index contributed by atoms with van der Waals surface area (Å²) in [5.41, 5.74) is 3.44. The van der Waals surface area contributed by atoms with E-state index in [-0.39, 0.29) is 5.91 Å². The van der Waals surface area contributed by atoms with Gasteiger partial charge in [-0.25, -0.2) is 0 Å². The minimum Gasteiger partial charge on any atom is -0.488 e. The average molecular weight is 340 g/mol. The number of rotatable bonds is 3. The summed E-state index contributed by atoms with van der Waals surface area (Å²) in [7, 11) is 1.90. The van der Waals surface area contributed by atoms with Gasteiger partial charge in [-0.05, 0) is 25.1 Å². The van der Waals surface area contributed by atoms with Gasteiger partial charge in [-0.15, -0.1) is 0 Å². The first-order valence-electron chi connectivity index (χ1n) is 8.98. The molecule has 3 heterocycles. The summed E-state index contributed by atoms with van der Waals surface area (Å²) in [6.45, 7) is 7.10. The van der Waals surface area contributed by atoms with E-state index in [2.05, 4.69) is 16.9 Å². The first-order valence-corrected chi connectivity index (χ1v) is 8.98. The van der Waals surface area contributed by atoms with Gasteiger partial charge in [0.15, 0.2) is 5.69 Å². The Balaban J connectivity index is 1.60. The lowest BCUT2D eigenvalue weighted by molar-refractivity contribution is 0.0628. The molecule has 0 N–H and O–H groups in total. The number of hydrogen-bond donors (Lipinski definition) is 0. The quantitative estimate of drug-likeness (QED) is 0.859. The maximum absolute atomic E-state index is 13.0. The Morgan fingerprint density at radius 2 is 1.96 bits per heavy atom. The van der Waals surface area contributed by atoms with Gasteiger partial charge in [-0.1, -0.05) is 19.1 Å². The fourth-order valence-corrected chi connectivity index (χ4v) is 3.79. The number of aromatic nitrogens is 2. The summed E-state index contributed by atoms with van der Waals surface area (Å²) in [4.78, 5) is 17.4. The molecule has 1 amide bonds. The Bertz CT molecular complexity index is 791. The van der Waals surface area contributed by atoms with Gasteiger partial charge in [0.1, 0.15) is 12.4 Å². The highest BCUT2D eigenvalue weighted by Gasteiger charge is 2.31. The molecule has 0 atom stereocenters. The number of amides is 1. The van der Waals surface area contributed by atoms with Crippen LogP contribution in [0.5, 0.6) is 5.75 Å². The largest absolute Gasteiger partial charge is 0.488 e. The molecule has 2 aromatic rings. The number of hydrogen-bond acceptors (Lipinski definition) is 4. The summed E-state index contributed by atoms with van der Waals surface area (Å²) in [5.74, 6) is 0.876. The molecule has 6 heteroatoms. The van der Waals surface area contributed by atoms with E-state index in [0.717, 1.165) is 61.7 Å². The van der Waals surface area contributed by atoms with Crippen LogP contribution in [0.1, 0.15) is 29.4 Å². The van der Waals surface area contributed by atoms with E-state index < -0.39 is 0 Å². The summed E-state index contributed by atoms with van der Waals surface area (Å²) in [5, 5.41) is 4.55. The number of nitrogens with zero attached hydrogens (tertiary/aromatic N) is 4. The molecule has 1 fully saturated rings. The third-order valence-corrected chi connectivity index (χ3v) is 5.06. The number of piperazine rings is 1. The maximum Gasteiger partial charge on any atom is 0.274 e. The minimum atomic E-state index is 0.0241. The summed E-state index contributed by atoms with van der Waals surface area (Å²) in [6, 6.07) is 7.92. The van der Waals surface area contributed by atoms with Crippen molar-refractivity contribution >= 4 is 5.91 Å². The molecule has 0 spiro atoms. The smallest absolute Gasteiger partial charge is 0.274 e. The average Bonchev–Trinajstić information content (AvgIpc) is 2.99. The van der Waals surface area contributed by atoms with Crippen LogP contribution in [0.2, 0.25) is 0 Å². The fourth-order valence-electron chi connectivity index (χ4n) is 3.79. The summed E-state index contributed by atoms with van der Waals surface area (Å²) >= 11 is 0. The lowest BCUT2D eigenvalue weighted by atomic mass is 10.0. The second-order valence-electron chi connectivity index (χ2n) is 6.72. The van der Waals surface area contributed by atoms with Crippen LogP contribution in [0.25, 0.3) is 11.3 Å². The molecule has 132 valence electrons. The van der Waals surface area contributed by atoms with Crippen LogP contribution < -0.4 is 4.74 Å².